The summed E-state index contributed by atoms with van der Waals surface area (Å²) in [6, 6.07) is 1.00. The number of hydrogen-bond acceptors (Lipinski definition) is 5. The van der Waals surface area contributed by atoms with Crippen molar-refractivity contribution < 1.29 is 36.6 Å². The summed E-state index contributed by atoms with van der Waals surface area (Å²) in [5.74, 6) is -4.79. The van der Waals surface area contributed by atoms with E-state index in [4.69, 9.17) is 0 Å². The topological polar surface area (TPSA) is 114 Å². The van der Waals surface area contributed by atoms with E-state index in [1.165, 1.54) is 26.2 Å². The molecule has 1 aliphatic rings. The van der Waals surface area contributed by atoms with Gasteiger partial charge in [-0.25, -0.2) is 13.6 Å². The van der Waals surface area contributed by atoms with E-state index in [2.05, 4.69) is 5.32 Å². The molecule has 2 aromatic carbocycles. The van der Waals surface area contributed by atoms with Gasteiger partial charge >= 0.3 is 17.8 Å². The summed E-state index contributed by atoms with van der Waals surface area (Å²) in [5.41, 5.74) is -2.61. The van der Waals surface area contributed by atoms with Crippen LogP contribution in [0.3, 0.4) is 0 Å². The molecule has 0 aliphatic carbocycles. The maximum Gasteiger partial charge on any atom is 0.419 e. The van der Waals surface area contributed by atoms with Crippen LogP contribution in [0.5, 0.6) is 0 Å². The number of carboxylic acids is 1. The van der Waals surface area contributed by atoms with Crippen molar-refractivity contribution in [1.82, 2.24) is 19.4 Å². The molecule has 14 heteroatoms. The number of likely N-dealkylation sites (N-methyl/N-ethyl adjacent to an activating group) is 1. The molecule has 0 unspecified atom stereocenters. The van der Waals surface area contributed by atoms with Gasteiger partial charge in [0.2, 0.25) is 5.91 Å². The summed E-state index contributed by atoms with van der Waals surface area (Å²) in [6.07, 6.45) is -1.23. The van der Waals surface area contributed by atoms with Crippen LogP contribution < -0.4 is 16.6 Å². The molecule has 1 aromatic heterocycles. The SMILES string of the molecule is Cc1cc(F)cc2c1-c1cc(c(F)c(C(F)(F)F)c1)[C@H](CC(=O)O)NC(=O)[C@@H](n1cc(CCN(C)C)c(=O)n(C)c1=O)CCCCCCC2. The molecular formula is C35H41F5N4O5. The van der Waals surface area contributed by atoms with Gasteiger partial charge in [0, 0.05) is 30.9 Å². The first-order valence-electron chi connectivity index (χ1n) is 16.2. The zero-order valence-corrected chi connectivity index (χ0v) is 27.9. The summed E-state index contributed by atoms with van der Waals surface area (Å²) >= 11 is 0. The first-order valence-corrected chi connectivity index (χ1v) is 16.2. The molecule has 0 saturated carbocycles. The number of alkyl halides is 3. The number of carbonyl (C=O) groups excluding carboxylic acids is 1. The van der Waals surface area contributed by atoms with E-state index in [0.717, 1.165) is 21.3 Å². The van der Waals surface area contributed by atoms with Gasteiger partial charge in [-0.1, -0.05) is 25.7 Å². The minimum absolute atomic E-state index is 0.0699. The van der Waals surface area contributed by atoms with Crippen LogP contribution in [0.25, 0.3) is 11.1 Å². The molecular weight excluding hydrogens is 651 g/mol. The third-order valence-electron chi connectivity index (χ3n) is 8.92. The molecule has 0 fully saturated rings. The zero-order valence-electron chi connectivity index (χ0n) is 27.9. The first-order chi connectivity index (χ1) is 23.0. The molecule has 2 heterocycles. The van der Waals surface area contributed by atoms with Gasteiger partial charge in [-0.3, -0.25) is 23.5 Å². The number of amides is 1. The molecule has 4 rings (SSSR count). The highest BCUT2D eigenvalue weighted by molar-refractivity contribution is 5.82. The molecule has 0 saturated heterocycles. The van der Waals surface area contributed by atoms with Crippen LogP contribution in [0.4, 0.5) is 22.0 Å². The Morgan fingerprint density at radius 1 is 1.02 bits per heavy atom. The average Bonchev–Trinajstić information content (AvgIpc) is 2.99. The number of rotatable bonds is 6. The van der Waals surface area contributed by atoms with E-state index in [1.807, 2.05) is 4.90 Å². The third kappa shape index (κ3) is 8.83. The second-order valence-corrected chi connectivity index (χ2v) is 12.9. The van der Waals surface area contributed by atoms with Crippen molar-refractivity contribution in [3.05, 3.63) is 90.8 Å². The van der Waals surface area contributed by atoms with E-state index < -0.39 is 70.6 Å². The Morgan fingerprint density at radius 2 is 1.69 bits per heavy atom. The molecule has 49 heavy (non-hydrogen) atoms. The van der Waals surface area contributed by atoms with Crippen LogP contribution in [0.2, 0.25) is 0 Å². The van der Waals surface area contributed by atoms with E-state index >= 15 is 4.39 Å². The van der Waals surface area contributed by atoms with E-state index in [0.29, 0.717) is 62.3 Å². The second-order valence-electron chi connectivity index (χ2n) is 12.9. The van der Waals surface area contributed by atoms with Crippen LogP contribution in [0.1, 0.15) is 84.8 Å². The molecule has 0 radical (unpaired) electrons. The minimum atomic E-state index is -5.20. The molecule has 266 valence electrons. The summed E-state index contributed by atoms with van der Waals surface area (Å²) in [7, 11) is 4.87. The monoisotopic (exact) mass is 692 g/mol. The Morgan fingerprint density at radius 3 is 2.35 bits per heavy atom. The van der Waals surface area contributed by atoms with Gasteiger partial charge < -0.3 is 15.3 Å². The highest BCUT2D eigenvalue weighted by atomic mass is 19.4. The van der Waals surface area contributed by atoms with Crippen molar-refractivity contribution in [2.24, 2.45) is 7.05 Å². The fourth-order valence-corrected chi connectivity index (χ4v) is 6.43. The average molecular weight is 693 g/mol. The van der Waals surface area contributed by atoms with Crippen molar-refractivity contribution >= 4 is 11.9 Å². The van der Waals surface area contributed by atoms with E-state index in [9.17, 15) is 41.8 Å². The second kappa shape index (κ2) is 15.5. The van der Waals surface area contributed by atoms with Gasteiger partial charge in [-0.05, 0) is 93.2 Å². The van der Waals surface area contributed by atoms with Gasteiger partial charge in [-0.15, -0.1) is 0 Å². The standard InChI is InChI=1S/C35H41F5N4O5/c1-20-14-24(36)15-21-10-8-6-5-7-9-11-28(44-19-22(12-13-42(2)3)33(48)43(4)34(44)49)32(47)41-27(18-29(45)46)25-16-23(30(20)21)17-26(31(25)37)35(38,39)40/h14-17,19,27-28H,5-13,18H2,1-4H3,(H,41,47)(H,45,46)/t27-,28-/m0/s1. The predicted octanol–water partition coefficient (Wildman–Crippen LogP) is 5.69. The molecule has 9 nitrogen and oxygen atoms in total. The number of aromatic nitrogens is 2. The number of carbonyl (C=O) groups is 2. The molecule has 1 aliphatic heterocycles. The lowest BCUT2D eigenvalue weighted by Crippen LogP contribution is -2.45. The van der Waals surface area contributed by atoms with Crippen LogP contribution in [-0.2, 0) is 35.7 Å². The van der Waals surface area contributed by atoms with Crippen LogP contribution in [0.15, 0.2) is 40.1 Å². The quantitative estimate of drug-likeness (QED) is 0.321. The minimum Gasteiger partial charge on any atom is -0.481 e. The molecule has 2 N–H and O–H groups in total. The third-order valence-corrected chi connectivity index (χ3v) is 8.92. The van der Waals surface area contributed by atoms with Crippen LogP contribution in [0, 0.1) is 18.6 Å². The van der Waals surface area contributed by atoms with E-state index in [1.54, 1.807) is 14.1 Å². The Bertz CT molecular complexity index is 1830. The number of nitrogens with one attached hydrogen (secondary N) is 1. The molecule has 3 aromatic rings. The van der Waals surface area contributed by atoms with Crippen molar-refractivity contribution in [2.75, 3.05) is 20.6 Å². The lowest BCUT2D eigenvalue weighted by atomic mass is 9.87. The zero-order chi connectivity index (χ0) is 36.2. The van der Waals surface area contributed by atoms with Gasteiger partial charge in [0.1, 0.15) is 17.7 Å². The first kappa shape index (κ1) is 37.5. The van der Waals surface area contributed by atoms with Crippen LogP contribution >= 0.6 is 0 Å². The predicted molar refractivity (Wildman–Crippen MR) is 173 cm³/mol. The molecule has 0 spiro atoms. The summed E-state index contributed by atoms with van der Waals surface area (Å²) in [5, 5.41) is 12.2. The van der Waals surface area contributed by atoms with Crippen molar-refractivity contribution in [2.45, 2.75) is 83.0 Å². The maximum absolute atomic E-state index is 15.9. The fourth-order valence-electron chi connectivity index (χ4n) is 6.43. The number of nitrogens with zero attached hydrogens (tertiary/aromatic N) is 3. The number of halogens is 5. The lowest BCUT2D eigenvalue weighted by Gasteiger charge is -2.26. The maximum atomic E-state index is 15.9. The number of aliphatic carboxylic acids is 1. The highest BCUT2D eigenvalue weighted by Crippen LogP contribution is 2.40. The number of fused-ring (bicyclic) bond motifs is 4. The lowest BCUT2D eigenvalue weighted by molar-refractivity contribution is -0.140. The Hall–Kier alpha value is -4.33. The summed E-state index contributed by atoms with van der Waals surface area (Å²) < 4.78 is 75.4. The normalized spacial score (nSPS) is 17.9. The van der Waals surface area contributed by atoms with E-state index in [-0.39, 0.29) is 29.5 Å². The van der Waals surface area contributed by atoms with Crippen LogP contribution in [-0.4, -0.2) is 51.7 Å². The highest BCUT2D eigenvalue weighted by Gasteiger charge is 2.38. The van der Waals surface area contributed by atoms with Crippen molar-refractivity contribution in [3.63, 3.8) is 0 Å². The number of carboxylic acid groups (broad SMARTS) is 1. The number of hydrogen-bond donors (Lipinski definition) is 2. The van der Waals surface area contributed by atoms with Gasteiger partial charge in [0.05, 0.1) is 18.0 Å². The number of benzene rings is 2. The van der Waals surface area contributed by atoms with Gasteiger partial charge in [-0.2, -0.15) is 13.2 Å². The van der Waals surface area contributed by atoms with Crippen molar-refractivity contribution in [1.29, 1.82) is 0 Å². The fraction of sp³-hybridized carbons (Fsp3) is 0.486. The molecule has 2 bridgehead atoms. The van der Waals surface area contributed by atoms with Gasteiger partial charge in [0.25, 0.3) is 5.56 Å². The summed E-state index contributed by atoms with van der Waals surface area (Å²) in [6.45, 7) is 1.98. The Balaban J connectivity index is 1.94. The van der Waals surface area contributed by atoms with Gasteiger partial charge in [0.15, 0.2) is 0 Å². The Labute approximate surface area is 280 Å². The Kier molecular flexibility index (Phi) is 11.8. The number of aryl methyl sites for hydroxylation is 2. The summed E-state index contributed by atoms with van der Waals surface area (Å²) in [4.78, 5) is 54.2. The smallest absolute Gasteiger partial charge is 0.419 e. The largest absolute Gasteiger partial charge is 0.481 e. The molecule has 1 amide bonds. The van der Waals surface area contributed by atoms with Crippen molar-refractivity contribution in [3.8, 4) is 11.1 Å². The molecule has 2 atom stereocenters.